The summed E-state index contributed by atoms with van der Waals surface area (Å²) in [6.07, 6.45) is 0.177. The van der Waals surface area contributed by atoms with Crippen molar-refractivity contribution in [3.63, 3.8) is 0 Å². The third-order valence-corrected chi connectivity index (χ3v) is 3.73. The summed E-state index contributed by atoms with van der Waals surface area (Å²) < 4.78 is 47.9. The van der Waals surface area contributed by atoms with Crippen molar-refractivity contribution in [3.05, 3.63) is 42.2 Å². The molecular formula is C14H11N2NaO7S. The van der Waals surface area contributed by atoms with Crippen LogP contribution in [0.2, 0.25) is 0 Å². The monoisotopic (exact) mass is 374 g/mol. The number of fused-ring (bicyclic) bond motifs is 1. The number of hydrogen-bond donors (Lipinski definition) is 1. The largest absolute Gasteiger partial charge is 1.00 e. The SMILES string of the molecule is O=C(NN=Cc1ccc(S(=O)(=O)[O-])o1)C1COc2ccccc2O1.[Na+]. The van der Waals surface area contributed by atoms with Gasteiger partial charge in [-0.3, -0.25) is 4.79 Å². The molecule has 0 saturated heterocycles. The summed E-state index contributed by atoms with van der Waals surface area (Å²) >= 11 is 0. The van der Waals surface area contributed by atoms with Crippen LogP contribution in [0.4, 0.5) is 0 Å². The van der Waals surface area contributed by atoms with Gasteiger partial charge >= 0.3 is 29.6 Å². The first-order valence-corrected chi connectivity index (χ1v) is 8.11. The first-order valence-electron chi connectivity index (χ1n) is 6.70. The number of rotatable bonds is 4. The van der Waals surface area contributed by atoms with Crippen molar-refractivity contribution in [1.82, 2.24) is 5.43 Å². The Labute approximate surface area is 165 Å². The van der Waals surface area contributed by atoms with Crippen LogP contribution in [0, 0.1) is 0 Å². The molecule has 9 nitrogen and oxygen atoms in total. The topological polar surface area (TPSA) is 130 Å². The van der Waals surface area contributed by atoms with E-state index >= 15 is 0 Å². The van der Waals surface area contributed by atoms with Crippen molar-refractivity contribution in [1.29, 1.82) is 0 Å². The summed E-state index contributed by atoms with van der Waals surface area (Å²) in [5, 5.41) is 2.89. The summed E-state index contributed by atoms with van der Waals surface area (Å²) in [5.41, 5.74) is 2.22. The van der Waals surface area contributed by atoms with Crippen LogP contribution in [0.3, 0.4) is 0 Å². The van der Waals surface area contributed by atoms with Crippen molar-refractivity contribution in [2.24, 2.45) is 5.10 Å². The number of ether oxygens (including phenoxy) is 2. The van der Waals surface area contributed by atoms with Gasteiger partial charge in [0.25, 0.3) is 5.91 Å². The number of para-hydroxylation sites is 2. The van der Waals surface area contributed by atoms with Crippen LogP contribution in [0.5, 0.6) is 11.5 Å². The fraction of sp³-hybridized carbons (Fsp3) is 0.143. The van der Waals surface area contributed by atoms with Crippen LogP contribution in [-0.2, 0) is 14.9 Å². The molecule has 2 heterocycles. The smallest absolute Gasteiger partial charge is 0.742 e. The molecule has 1 atom stereocenters. The van der Waals surface area contributed by atoms with Gasteiger partial charge in [-0.2, -0.15) is 5.10 Å². The van der Waals surface area contributed by atoms with Gasteiger partial charge in [0.15, 0.2) is 21.6 Å². The third kappa shape index (κ3) is 4.83. The van der Waals surface area contributed by atoms with E-state index < -0.39 is 27.2 Å². The zero-order chi connectivity index (χ0) is 17.2. The number of hydrazone groups is 1. The molecule has 2 aromatic rings. The Bertz CT molecular complexity index is 894. The molecule has 1 N–H and O–H groups in total. The van der Waals surface area contributed by atoms with E-state index in [4.69, 9.17) is 13.9 Å². The van der Waals surface area contributed by atoms with Gasteiger partial charge in [0.2, 0.25) is 11.2 Å². The molecule has 3 rings (SSSR count). The molecule has 1 aliphatic rings. The molecule has 1 aromatic heterocycles. The van der Waals surface area contributed by atoms with Crippen molar-refractivity contribution < 1.29 is 61.2 Å². The number of nitrogens with zero attached hydrogens (tertiary/aromatic N) is 1. The maximum absolute atomic E-state index is 12.0. The number of benzene rings is 1. The quantitative estimate of drug-likeness (QED) is 0.270. The van der Waals surface area contributed by atoms with Crippen LogP contribution < -0.4 is 44.5 Å². The average molecular weight is 374 g/mol. The van der Waals surface area contributed by atoms with E-state index in [-0.39, 0.29) is 41.9 Å². The minimum atomic E-state index is -4.67. The fourth-order valence-electron chi connectivity index (χ4n) is 1.92. The molecule has 11 heteroatoms. The van der Waals surface area contributed by atoms with Crippen LogP contribution in [0.25, 0.3) is 0 Å². The van der Waals surface area contributed by atoms with E-state index in [1.807, 2.05) is 0 Å². The Morgan fingerprint density at radius 1 is 1.24 bits per heavy atom. The minimum Gasteiger partial charge on any atom is -0.742 e. The van der Waals surface area contributed by atoms with Gasteiger partial charge in [0, 0.05) is 0 Å². The summed E-state index contributed by atoms with van der Waals surface area (Å²) in [5.74, 6) is 0.441. The first-order chi connectivity index (χ1) is 11.4. The Morgan fingerprint density at radius 2 is 1.96 bits per heavy atom. The number of carbonyl (C=O) groups excluding carboxylic acids is 1. The molecule has 0 fully saturated rings. The molecule has 0 bridgehead atoms. The second-order valence-electron chi connectivity index (χ2n) is 4.71. The van der Waals surface area contributed by atoms with Crippen LogP contribution in [0.1, 0.15) is 5.76 Å². The number of nitrogens with one attached hydrogen (secondary N) is 1. The first kappa shape index (κ1) is 19.5. The maximum Gasteiger partial charge on any atom is 1.00 e. The number of furan rings is 1. The van der Waals surface area contributed by atoms with Gasteiger partial charge in [0.1, 0.15) is 12.4 Å². The third-order valence-electron chi connectivity index (χ3n) is 3.02. The van der Waals surface area contributed by atoms with Crippen LogP contribution in [-0.4, -0.2) is 37.8 Å². The molecular weight excluding hydrogens is 363 g/mol. The summed E-state index contributed by atoms with van der Waals surface area (Å²) in [4.78, 5) is 12.0. The normalized spacial score (nSPS) is 16.3. The second kappa shape index (κ2) is 8.02. The van der Waals surface area contributed by atoms with E-state index in [1.165, 1.54) is 6.07 Å². The molecule has 126 valence electrons. The minimum absolute atomic E-state index is 0. The summed E-state index contributed by atoms with van der Waals surface area (Å²) in [7, 11) is -4.67. The van der Waals surface area contributed by atoms with E-state index in [2.05, 4.69) is 10.5 Å². The van der Waals surface area contributed by atoms with Gasteiger partial charge in [-0.05, 0) is 24.3 Å². The molecule has 25 heavy (non-hydrogen) atoms. The van der Waals surface area contributed by atoms with Crippen LogP contribution >= 0.6 is 0 Å². The molecule has 1 aromatic carbocycles. The second-order valence-corrected chi connectivity index (χ2v) is 6.02. The molecule has 1 aliphatic heterocycles. The van der Waals surface area contributed by atoms with Crippen molar-refractivity contribution >= 4 is 22.2 Å². The number of hydrogen-bond acceptors (Lipinski definition) is 8. The van der Waals surface area contributed by atoms with E-state index in [0.29, 0.717) is 11.5 Å². The maximum atomic E-state index is 12.0. The summed E-state index contributed by atoms with van der Waals surface area (Å²) in [6.45, 7) is 0.0255. The van der Waals surface area contributed by atoms with E-state index in [1.54, 1.807) is 24.3 Å². The molecule has 1 unspecified atom stereocenters. The van der Waals surface area contributed by atoms with E-state index in [0.717, 1.165) is 12.3 Å². The zero-order valence-electron chi connectivity index (χ0n) is 13.0. The molecule has 0 saturated carbocycles. The van der Waals surface area contributed by atoms with Gasteiger partial charge in [-0.1, -0.05) is 12.1 Å². The predicted octanol–water partition coefficient (Wildman–Crippen LogP) is -2.52. The Hall–Kier alpha value is -1.85. The molecule has 0 radical (unpaired) electrons. The van der Waals surface area contributed by atoms with Gasteiger partial charge in [-0.15, -0.1) is 0 Å². The van der Waals surface area contributed by atoms with Gasteiger partial charge in [0.05, 0.1) is 6.21 Å². The Morgan fingerprint density at radius 3 is 2.64 bits per heavy atom. The summed E-state index contributed by atoms with van der Waals surface area (Å²) in [6, 6.07) is 9.16. The van der Waals surface area contributed by atoms with E-state index in [9.17, 15) is 17.8 Å². The van der Waals surface area contributed by atoms with Crippen molar-refractivity contribution in [3.8, 4) is 11.5 Å². The van der Waals surface area contributed by atoms with Crippen LogP contribution in [0.15, 0.2) is 51.0 Å². The Kier molecular flexibility index (Phi) is 6.25. The van der Waals surface area contributed by atoms with Crippen molar-refractivity contribution in [2.75, 3.05) is 6.61 Å². The standard InChI is InChI=1S/C14H12N2O7S.Na/c17-14(12-8-21-10-3-1-2-4-11(10)23-12)16-15-7-9-5-6-13(22-9)24(18,19)20;/h1-7,12H,8H2,(H,16,17)(H,18,19,20);/q;+1/p-1. The number of carbonyl (C=O) groups is 1. The average Bonchev–Trinajstić information content (AvgIpc) is 3.03. The molecule has 1 amide bonds. The van der Waals surface area contributed by atoms with Gasteiger partial charge < -0.3 is 18.4 Å². The van der Waals surface area contributed by atoms with Crippen molar-refractivity contribution in [2.45, 2.75) is 11.2 Å². The zero-order valence-corrected chi connectivity index (χ0v) is 15.9. The molecule has 0 aliphatic carbocycles. The number of amides is 1. The fourth-order valence-corrected chi connectivity index (χ4v) is 2.35. The molecule has 0 spiro atoms. The Balaban J connectivity index is 0.00000225. The predicted molar refractivity (Wildman–Crippen MR) is 78.8 cm³/mol. The van der Waals surface area contributed by atoms with Gasteiger partial charge in [-0.25, -0.2) is 13.8 Å².